The number of rotatable bonds is 12. The average Bonchev–Trinajstić information content (AvgIpc) is 3.06. The molecule has 45 heavy (non-hydrogen) atoms. The molecule has 228 valence electrons. The van der Waals surface area contributed by atoms with Crippen LogP contribution < -0.4 is 20.3 Å². The van der Waals surface area contributed by atoms with Gasteiger partial charge in [0.1, 0.15) is 24.7 Å². The van der Waals surface area contributed by atoms with Crippen molar-refractivity contribution >= 4 is 75.0 Å². The third-order valence-electron chi connectivity index (χ3n) is 6.79. The topological polar surface area (TPSA) is 114 Å². The first-order chi connectivity index (χ1) is 22.0. The Labute approximate surface area is 264 Å². The van der Waals surface area contributed by atoms with Gasteiger partial charge < -0.3 is 23.7 Å². The second kappa shape index (κ2) is 13.9. The van der Waals surface area contributed by atoms with Gasteiger partial charge in [0, 0.05) is 40.3 Å². The molecule has 0 saturated carbocycles. The fourth-order valence-electron chi connectivity index (χ4n) is 4.64. The van der Waals surface area contributed by atoms with Crippen LogP contribution in [0.25, 0.3) is 40.3 Å². The number of ether oxygens (including phenoxy) is 5. The Balaban J connectivity index is 0.872. The van der Waals surface area contributed by atoms with Crippen molar-refractivity contribution in [3.05, 3.63) is 105 Å². The Bertz CT molecular complexity index is 2000. The van der Waals surface area contributed by atoms with Crippen molar-refractivity contribution in [3.8, 4) is 11.5 Å². The van der Waals surface area contributed by atoms with Gasteiger partial charge in [-0.2, -0.15) is 0 Å². The molecule has 0 atom stereocenters. The summed E-state index contributed by atoms with van der Waals surface area (Å²) in [7, 11) is 0. The van der Waals surface area contributed by atoms with E-state index in [0.717, 1.165) is 18.8 Å². The zero-order valence-electron chi connectivity index (χ0n) is 23.8. The molecule has 2 heterocycles. The van der Waals surface area contributed by atoms with E-state index in [4.69, 9.17) is 23.7 Å². The lowest BCUT2D eigenvalue weighted by atomic mass is 10.2. The highest BCUT2D eigenvalue weighted by Crippen LogP contribution is 2.28. The van der Waals surface area contributed by atoms with E-state index in [9.17, 15) is 19.2 Å². The highest BCUT2D eigenvalue weighted by Gasteiger charge is 2.11. The first-order valence-corrected chi connectivity index (χ1v) is 15.7. The molecule has 6 rings (SSSR count). The van der Waals surface area contributed by atoms with E-state index in [0.29, 0.717) is 33.0 Å². The molecule has 0 aliphatic rings. The molecule has 11 heteroatoms. The molecular weight excluding hydrogens is 616 g/mol. The van der Waals surface area contributed by atoms with Crippen molar-refractivity contribution in [2.75, 3.05) is 39.6 Å². The molecule has 9 nitrogen and oxygen atoms in total. The van der Waals surface area contributed by atoms with E-state index in [2.05, 4.69) is 0 Å². The lowest BCUT2D eigenvalue weighted by Crippen LogP contribution is -2.20. The molecule has 0 saturated heterocycles. The van der Waals surface area contributed by atoms with Gasteiger partial charge in [0.25, 0.3) is 0 Å². The minimum absolute atomic E-state index is 0.00480. The molecule has 6 aromatic rings. The predicted molar refractivity (Wildman–Crippen MR) is 175 cm³/mol. The van der Waals surface area contributed by atoms with E-state index in [1.807, 2.05) is 36.4 Å². The molecule has 0 bridgehead atoms. The minimum atomic E-state index is -0.586. The molecule has 2 aromatic heterocycles. The maximum atomic E-state index is 12.8. The Morgan fingerprint density at radius 2 is 0.933 bits per heavy atom. The summed E-state index contributed by atoms with van der Waals surface area (Å²) in [6, 6.07) is 25.1. The quantitative estimate of drug-likeness (QED) is 0.0942. The van der Waals surface area contributed by atoms with Gasteiger partial charge in [-0.25, -0.2) is 9.59 Å². The van der Waals surface area contributed by atoms with Crippen LogP contribution in [0, 0.1) is 0 Å². The molecule has 0 unspecified atom stereocenters. The van der Waals surface area contributed by atoms with Crippen LogP contribution in [0.15, 0.2) is 94.5 Å². The maximum absolute atomic E-state index is 12.8. The Morgan fingerprint density at radius 3 is 1.40 bits per heavy atom. The van der Waals surface area contributed by atoms with Crippen LogP contribution in [0.1, 0.15) is 0 Å². The smallest absolute Gasteiger partial charge is 0.344 e. The third-order valence-corrected chi connectivity index (χ3v) is 9.09. The van der Waals surface area contributed by atoms with Crippen molar-refractivity contribution in [2.24, 2.45) is 0 Å². The number of fused-ring (bicyclic) bond motifs is 4. The van der Waals surface area contributed by atoms with E-state index in [1.165, 1.54) is 22.7 Å². The summed E-state index contributed by atoms with van der Waals surface area (Å²) < 4.78 is 30.1. The monoisotopic (exact) mass is 642 g/mol. The molecule has 0 N–H and O–H groups in total. The normalized spacial score (nSPS) is 11.2. The number of benzene rings is 4. The number of hydrogen-bond acceptors (Lipinski definition) is 11. The number of carbonyl (C=O) groups excluding carboxylic acids is 2. The third kappa shape index (κ3) is 7.12. The lowest BCUT2D eigenvalue weighted by Gasteiger charge is -2.09. The second-order valence-electron chi connectivity index (χ2n) is 9.80. The zero-order valence-corrected chi connectivity index (χ0v) is 25.4. The van der Waals surface area contributed by atoms with Crippen LogP contribution in [0.4, 0.5) is 0 Å². The predicted octanol–water partition coefficient (Wildman–Crippen LogP) is 5.70. The van der Waals surface area contributed by atoms with Gasteiger partial charge in [0.15, 0.2) is 24.1 Å². The molecular formula is C34H26O9S2. The molecule has 0 aliphatic carbocycles. The second-order valence-corrected chi connectivity index (χ2v) is 12.0. The van der Waals surface area contributed by atoms with Crippen LogP contribution in [0.2, 0.25) is 0 Å². The van der Waals surface area contributed by atoms with Gasteiger partial charge in [0.05, 0.1) is 13.2 Å². The molecule has 0 fully saturated rings. The van der Waals surface area contributed by atoms with Gasteiger partial charge in [-0.05, 0) is 60.7 Å². The Hall–Kier alpha value is -4.84. The summed E-state index contributed by atoms with van der Waals surface area (Å²) in [5, 5.41) is 2.35. The minimum Gasteiger partial charge on any atom is -0.482 e. The van der Waals surface area contributed by atoms with Gasteiger partial charge in [-0.15, -0.1) is 22.7 Å². The first-order valence-electron chi connectivity index (χ1n) is 14.0. The van der Waals surface area contributed by atoms with Crippen molar-refractivity contribution in [1.29, 1.82) is 0 Å². The summed E-state index contributed by atoms with van der Waals surface area (Å²) in [4.78, 5) is 49.8. The fourth-order valence-corrected chi connectivity index (χ4v) is 6.75. The fraction of sp³-hybridized carbons (Fsp3) is 0.176. The highest BCUT2D eigenvalue weighted by molar-refractivity contribution is 7.24. The molecule has 0 spiro atoms. The molecule has 0 radical (unpaired) electrons. The lowest BCUT2D eigenvalue weighted by molar-refractivity contribution is -0.149. The zero-order chi connectivity index (χ0) is 31.2. The van der Waals surface area contributed by atoms with Gasteiger partial charge in [0.2, 0.25) is 0 Å². The average molecular weight is 643 g/mol. The molecule has 0 amide bonds. The van der Waals surface area contributed by atoms with Crippen molar-refractivity contribution in [3.63, 3.8) is 0 Å². The van der Waals surface area contributed by atoms with E-state index in [-0.39, 0.29) is 50.5 Å². The van der Waals surface area contributed by atoms with E-state index in [1.54, 1.807) is 48.5 Å². The highest BCUT2D eigenvalue weighted by atomic mass is 32.1. The standard InChI is InChI=1S/C34H26O9S2/c35-31(19-42-21-9-11-29-25(17-21)33(37)23-5-1-3-7-27(23)44-29)40-15-13-39-14-16-41-32(36)20-43-22-10-12-30-26(18-22)34(38)24-6-2-4-8-28(24)45-30/h1-12,17-18H,13-16,19-20H2. The number of hydrogen-bond donors (Lipinski definition) is 0. The van der Waals surface area contributed by atoms with Crippen LogP contribution in [-0.4, -0.2) is 51.6 Å². The van der Waals surface area contributed by atoms with E-state index >= 15 is 0 Å². The summed E-state index contributed by atoms with van der Waals surface area (Å²) in [5.74, 6) is -0.382. The van der Waals surface area contributed by atoms with Crippen molar-refractivity contribution in [2.45, 2.75) is 0 Å². The van der Waals surface area contributed by atoms with Crippen LogP contribution in [-0.2, 0) is 23.8 Å². The van der Waals surface area contributed by atoms with Crippen molar-refractivity contribution < 1.29 is 33.3 Å². The summed E-state index contributed by atoms with van der Waals surface area (Å²) in [6.07, 6.45) is 0. The molecule has 0 aliphatic heterocycles. The Kier molecular flexibility index (Phi) is 9.30. The van der Waals surface area contributed by atoms with Gasteiger partial charge in [-0.1, -0.05) is 24.3 Å². The number of carbonyl (C=O) groups is 2. The van der Waals surface area contributed by atoms with Gasteiger partial charge in [-0.3, -0.25) is 9.59 Å². The van der Waals surface area contributed by atoms with Crippen LogP contribution in [0.3, 0.4) is 0 Å². The number of esters is 2. The summed E-state index contributed by atoms with van der Waals surface area (Å²) in [6.45, 7) is -0.440. The van der Waals surface area contributed by atoms with Crippen LogP contribution in [0.5, 0.6) is 11.5 Å². The molecule has 4 aromatic carbocycles. The SMILES string of the molecule is O=C(COc1ccc2sc3ccccc3c(=O)c2c1)OCCOCCOC(=O)COc1ccc2sc3ccccc3c(=O)c2c1. The summed E-state index contributed by atoms with van der Waals surface area (Å²) in [5.41, 5.74) is -0.165. The maximum Gasteiger partial charge on any atom is 0.344 e. The van der Waals surface area contributed by atoms with Crippen molar-refractivity contribution in [1.82, 2.24) is 0 Å². The van der Waals surface area contributed by atoms with Gasteiger partial charge >= 0.3 is 11.9 Å². The van der Waals surface area contributed by atoms with Crippen LogP contribution >= 0.6 is 22.7 Å². The largest absolute Gasteiger partial charge is 0.482 e. The Morgan fingerprint density at radius 1 is 0.511 bits per heavy atom. The first kappa shape index (κ1) is 30.2. The summed E-state index contributed by atoms with van der Waals surface area (Å²) >= 11 is 3.03. The van der Waals surface area contributed by atoms with E-state index < -0.39 is 11.9 Å².